The van der Waals surface area contributed by atoms with Crippen molar-refractivity contribution in [3.8, 4) is 0 Å². The zero-order chi connectivity index (χ0) is 13.7. The van der Waals surface area contributed by atoms with Crippen LogP contribution in [0, 0.1) is 0 Å². The molecule has 2 atom stereocenters. The van der Waals surface area contributed by atoms with E-state index >= 15 is 0 Å². The Balaban J connectivity index is 2.12. The largest absolute Gasteiger partial charge is 0.384 e. The average Bonchev–Trinajstić information content (AvgIpc) is 2.93. The van der Waals surface area contributed by atoms with Gasteiger partial charge in [0.1, 0.15) is 5.60 Å². The lowest BCUT2D eigenvalue weighted by molar-refractivity contribution is 0.0478. The van der Waals surface area contributed by atoms with Crippen molar-refractivity contribution in [3.63, 3.8) is 0 Å². The summed E-state index contributed by atoms with van der Waals surface area (Å²) in [5, 5.41) is 11.2. The van der Waals surface area contributed by atoms with Crippen LogP contribution in [-0.2, 0) is 15.4 Å². The van der Waals surface area contributed by atoms with Gasteiger partial charge in [0, 0.05) is 18.0 Å². The number of hydrogen-bond acceptors (Lipinski definition) is 3. The van der Waals surface area contributed by atoms with E-state index in [1.54, 1.807) is 0 Å². The van der Waals surface area contributed by atoms with Gasteiger partial charge in [0.15, 0.2) is 9.84 Å². The Labute approximate surface area is 112 Å². The number of benzene rings is 1. The predicted octanol–water partition coefficient (Wildman–Crippen LogP) is 1.95. The summed E-state index contributed by atoms with van der Waals surface area (Å²) in [6, 6.07) is 7.52. The number of hydrogen-bond donors (Lipinski definition) is 2. The Morgan fingerprint density at radius 1 is 1.37 bits per heavy atom. The minimum absolute atomic E-state index is 0.501. The van der Waals surface area contributed by atoms with E-state index < -0.39 is 20.7 Å². The molecule has 0 amide bonds. The van der Waals surface area contributed by atoms with E-state index in [1.807, 2.05) is 30.5 Å². The van der Waals surface area contributed by atoms with E-state index in [9.17, 15) is 13.5 Å². The Morgan fingerprint density at radius 3 is 2.89 bits per heavy atom. The van der Waals surface area contributed by atoms with Crippen molar-refractivity contribution in [1.29, 1.82) is 0 Å². The second-order valence-electron chi connectivity index (χ2n) is 5.41. The van der Waals surface area contributed by atoms with E-state index in [1.165, 1.54) is 6.26 Å². The number of rotatable bonds is 2. The number of nitrogens with one attached hydrogen (secondary N) is 1. The molecule has 19 heavy (non-hydrogen) atoms. The lowest BCUT2D eigenvalue weighted by Crippen LogP contribution is -2.39. The second-order valence-corrected chi connectivity index (χ2v) is 7.64. The molecule has 0 aliphatic heterocycles. The monoisotopic (exact) mass is 279 g/mol. The minimum Gasteiger partial charge on any atom is -0.384 e. The third-order valence-electron chi connectivity index (χ3n) is 4.13. The summed E-state index contributed by atoms with van der Waals surface area (Å²) in [5.41, 5.74) is 0.438. The second kappa shape index (κ2) is 4.08. The summed E-state index contributed by atoms with van der Waals surface area (Å²) in [4.78, 5) is 3.09. The fourth-order valence-electron chi connectivity index (χ4n) is 3.18. The maximum Gasteiger partial charge on any atom is 0.153 e. The molecule has 102 valence electrons. The quantitative estimate of drug-likeness (QED) is 0.882. The van der Waals surface area contributed by atoms with Gasteiger partial charge in [-0.15, -0.1) is 0 Å². The molecule has 4 nitrogen and oxygen atoms in total. The van der Waals surface area contributed by atoms with Crippen LogP contribution in [0.2, 0.25) is 0 Å². The highest BCUT2D eigenvalue weighted by Gasteiger charge is 2.48. The number of aromatic amines is 1. The van der Waals surface area contributed by atoms with E-state index in [0.717, 1.165) is 17.3 Å². The van der Waals surface area contributed by atoms with Crippen LogP contribution in [0.25, 0.3) is 10.9 Å². The third-order valence-corrected chi connectivity index (χ3v) is 5.79. The van der Waals surface area contributed by atoms with Gasteiger partial charge in [-0.05, 0) is 48.4 Å². The molecule has 0 spiro atoms. The summed E-state index contributed by atoms with van der Waals surface area (Å²) in [5.74, 6) is 0. The molecule has 3 rings (SSSR count). The van der Waals surface area contributed by atoms with Gasteiger partial charge in [0.25, 0.3) is 0 Å². The molecule has 1 fully saturated rings. The lowest BCUT2D eigenvalue weighted by atomic mass is 9.91. The number of H-pyrrole nitrogens is 1. The number of aromatic nitrogens is 1. The van der Waals surface area contributed by atoms with Crippen molar-refractivity contribution < 1.29 is 13.5 Å². The molecule has 1 saturated carbocycles. The molecular formula is C14H17NO3S. The molecule has 1 aliphatic rings. The Morgan fingerprint density at radius 2 is 2.16 bits per heavy atom. The predicted molar refractivity (Wildman–Crippen MR) is 74.7 cm³/mol. The summed E-state index contributed by atoms with van der Waals surface area (Å²) in [6.07, 6.45) is 4.81. The zero-order valence-electron chi connectivity index (χ0n) is 10.8. The van der Waals surface area contributed by atoms with Crippen molar-refractivity contribution in [1.82, 2.24) is 4.98 Å². The smallest absolute Gasteiger partial charge is 0.153 e. The van der Waals surface area contributed by atoms with Crippen molar-refractivity contribution in [2.75, 3.05) is 6.26 Å². The maximum absolute atomic E-state index is 11.9. The molecule has 5 heteroatoms. The highest BCUT2D eigenvalue weighted by molar-refractivity contribution is 7.91. The highest BCUT2D eigenvalue weighted by Crippen LogP contribution is 2.43. The molecule has 2 N–H and O–H groups in total. The van der Waals surface area contributed by atoms with Crippen molar-refractivity contribution in [3.05, 3.63) is 36.0 Å². The zero-order valence-corrected chi connectivity index (χ0v) is 11.6. The summed E-state index contributed by atoms with van der Waals surface area (Å²) >= 11 is 0. The normalized spacial score (nSPS) is 28.0. The van der Waals surface area contributed by atoms with Gasteiger partial charge in [-0.1, -0.05) is 6.07 Å². The fourth-order valence-corrected chi connectivity index (χ4v) is 4.73. The first-order chi connectivity index (χ1) is 8.91. The van der Waals surface area contributed by atoms with Crippen molar-refractivity contribution in [2.45, 2.75) is 30.1 Å². The van der Waals surface area contributed by atoms with Crippen molar-refractivity contribution >= 4 is 20.7 Å². The van der Waals surface area contributed by atoms with E-state index in [0.29, 0.717) is 18.4 Å². The van der Waals surface area contributed by atoms with Crippen LogP contribution >= 0.6 is 0 Å². The summed E-state index contributed by atoms with van der Waals surface area (Å²) < 4.78 is 23.7. The molecule has 2 aromatic rings. The molecule has 0 radical (unpaired) electrons. The number of fused-ring (bicyclic) bond motifs is 1. The first-order valence-corrected chi connectivity index (χ1v) is 8.35. The highest BCUT2D eigenvalue weighted by atomic mass is 32.2. The van der Waals surface area contributed by atoms with E-state index in [2.05, 4.69) is 4.98 Å². The van der Waals surface area contributed by atoms with Gasteiger partial charge in [0.2, 0.25) is 0 Å². The molecular weight excluding hydrogens is 262 g/mol. The van der Waals surface area contributed by atoms with Gasteiger partial charge >= 0.3 is 0 Å². The Kier molecular flexibility index (Phi) is 2.73. The molecule has 1 aliphatic carbocycles. The molecule has 2 unspecified atom stereocenters. The standard InChI is InChI=1S/C14H17NO3S/c1-19(17,18)13-3-2-7-14(13,16)11-4-5-12-10(9-11)6-8-15-12/h4-6,8-9,13,15-16H,2-3,7H2,1H3. The van der Waals surface area contributed by atoms with Gasteiger partial charge in [-0.2, -0.15) is 0 Å². The SMILES string of the molecule is CS(=O)(=O)C1CCCC1(O)c1ccc2[nH]ccc2c1. The fraction of sp³-hybridized carbons (Fsp3) is 0.429. The number of sulfone groups is 1. The Bertz CT molecular complexity index is 719. The van der Waals surface area contributed by atoms with Crippen LogP contribution in [0.15, 0.2) is 30.5 Å². The molecule has 0 saturated heterocycles. The van der Waals surface area contributed by atoms with Crippen LogP contribution in [0.5, 0.6) is 0 Å². The lowest BCUT2D eigenvalue weighted by Gasteiger charge is -2.29. The molecule has 1 aromatic carbocycles. The van der Waals surface area contributed by atoms with Gasteiger partial charge in [-0.25, -0.2) is 8.42 Å². The van der Waals surface area contributed by atoms with Crippen LogP contribution in [0.1, 0.15) is 24.8 Å². The summed E-state index contributed by atoms with van der Waals surface area (Å²) in [6.45, 7) is 0. The topological polar surface area (TPSA) is 70.2 Å². The average molecular weight is 279 g/mol. The van der Waals surface area contributed by atoms with Gasteiger partial charge in [-0.3, -0.25) is 0 Å². The van der Waals surface area contributed by atoms with Gasteiger partial charge < -0.3 is 10.1 Å². The van der Waals surface area contributed by atoms with Gasteiger partial charge in [0.05, 0.1) is 5.25 Å². The maximum atomic E-state index is 11.9. The first-order valence-electron chi connectivity index (χ1n) is 6.40. The van der Waals surface area contributed by atoms with Crippen LogP contribution in [-0.4, -0.2) is 30.0 Å². The summed E-state index contributed by atoms with van der Waals surface area (Å²) in [7, 11) is -3.26. The van der Waals surface area contributed by atoms with Crippen LogP contribution < -0.4 is 0 Å². The molecule has 1 heterocycles. The molecule has 0 bridgehead atoms. The van der Waals surface area contributed by atoms with Crippen LogP contribution in [0.4, 0.5) is 0 Å². The first kappa shape index (κ1) is 12.7. The molecule has 1 aromatic heterocycles. The van der Waals surface area contributed by atoms with Crippen molar-refractivity contribution in [2.24, 2.45) is 0 Å². The van der Waals surface area contributed by atoms with E-state index in [4.69, 9.17) is 0 Å². The third kappa shape index (κ3) is 1.97. The van der Waals surface area contributed by atoms with E-state index in [-0.39, 0.29) is 0 Å². The Hall–Kier alpha value is -1.33. The minimum atomic E-state index is -3.26. The van der Waals surface area contributed by atoms with Crippen LogP contribution in [0.3, 0.4) is 0 Å². The number of aliphatic hydroxyl groups is 1.